The lowest BCUT2D eigenvalue weighted by atomic mass is 10.1. The summed E-state index contributed by atoms with van der Waals surface area (Å²) in [5, 5.41) is 9.68. The van der Waals surface area contributed by atoms with Crippen molar-refractivity contribution >= 4 is 27.6 Å². The van der Waals surface area contributed by atoms with Gasteiger partial charge in [0.05, 0.1) is 17.6 Å². The van der Waals surface area contributed by atoms with Gasteiger partial charge in [-0.3, -0.25) is 9.59 Å². The predicted octanol–water partition coefficient (Wildman–Crippen LogP) is 2.20. The molecule has 0 bridgehead atoms. The van der Waals surface area contributed by atoms with Crippen LogP contribution in [0.25, 0.3) is 21.7 Å². The minimum absolute atomic E-state index is 0.105. The summed E-state index contributed by atoms with van der Waals surface area (Å²) in [6, 6.07) is 17.2. The molecule has 0 radical (unpaired) electrons. The number of rotatable bonds is 4. The third-order valence-corrected chi connectivity index (χ3v) is 4.48. The SMILES string of the molecule is Cn1nc(CNC(=O)Cn2ccc3ccccc32)c2ccccc2c1=O. The Kier molecular flexibility index (Phi) is 4.01. The first-order valence-electron chi connectivity index (χ1n) is 8.39. The number of fused-ring (bicyclic) bond motifs is 2. The molecule has 0 aliphatic carbocycles. The highest BCUT2D eigenvalue weighted by Crippen LogP contribution is 2.15. The van der Waals surface area contributed by atoms with E-state index in [1.165, 1.54) is 4.68 Å². The molecule has 0 saturated carbocycles. The topological polar surface area (TPSA) is 68.9 Å². The van der Waals surface area contributed by atoms with Gasteiger partial charge in [0.15, 0.2) is 0 Å². The van der Waals surface area contributed by atoms with E-state index in [1.54, 1.807) is 13.1 Å². The summed E-state index contributed by atoms with van der Waals surface area (Å²) >= 11 is 0. The molecular formula is C20H18N4O2. The number of nitrogens with zero attached hydrogens (tertiary/aromatic N) is 3. The summed E-state index contributed by atoms with van der Waals surface area (Å²) in [7, 11) is 1.62. The molecule has 26 heavy (non-hydrogen) atoms. The number of nitrogens with one attached hydrogen (secondary N) is 1. The molecule has 2 heterocycles. The number of carbonyl (C=O) groups is 1. The summed E-state index contributed by atoms with van der Waals surface area (Å²) in [4.78, 5) is 24.6. The molecule has 0 fully saturated rings. The lowest BCUT2D eigenvalue weighted by Gasteiger charge is -2.10. The average Bonchev–Trinajstić information content (AvgIpc) is 3.06. The second kappa shape index (κ2) is 6.48. The van der Waals surface area contributed by atoms with Gasteiger partial charge in [-0.25, -0.2) is 4.68 Å². The summed E-state index contributed by atoms with van der Waals surface area (Å²) in [5.41, 5.74) is 1.55. The van der Waals surface area contributed by atoms with E-state index in [9.17, 15) is 9.59 Å². The number of hydrogen-bond acceptors (Lipinski definition) is 3. The van der Waals surface area contributed by atoms with Crippen molar-refractivity contribution in [3.63, 3.8) is 0 Å². The summed E-state index contributed by atoms with van der Waals surface area (Å²) in [5.74, 6) is -0.105. The zero-order valence-electron chi connectivity index (χ0n) is 14.3. The Hall–Kier alpha value is -3.41. The first kappa shape index (κ1) is 16.1. The van der Waals surface area contributed by atoms with Gasteiger partial charge in [-0.05, 0) is 23.6 Å². The lowest BCUT2D eigenvalue weighted by molar-refractivity contribution is -0.121. The van der Waals surface area contributed by atoms with Crippen LogP contribution < -0.4 is 10.9 Å². The number of benzene rings is 2. The Labute approximate surface area is 149 Å². The number of aryl methyl sites for hydroxylation is 1. The number of aromatic nitrogens is 3. The first-order valence-corrected chi connectivity index (χ1v) is 8.39. The minimum atomic E-state index is -0.144. The Bertz CT molecular complexity index is 1170. The van der Waals surface area contributed by atoms with Crippen LogP contribution in [0, 0.1) is 0 Å². The molecule has 0 aliphatic heterocycles. The zero-order chi connectivity index (χ0) is 18.1. The fourth-order valence-corrected chi connectivity index (χ4v) is 3.18. The number of para-hydroxylation sites is 1. The average molecular weight is 346 g/mol. The maximum atomic E-state index is 12.4. The zero-order valence-corrected chi connectivity index (χ0v) is 14.3. The third-order valence-electron chi connectivity index (χ3n) is 4.48. The van der Waals surface area contributed by atoms with Crippen LogP contribution in [0.3, 0.4) is 0 Å². The smallest absolute Gasteiger partial charge is 0.274 e. The van der Waals surface area contributed by atoms with E-state index in [4.69, 9.17) is 0 Å². The highest BCUT2D eigenvalue weighted by molar-refractivity contribution is 5.85. The van der Waals surface area contributed by atoms with Crippen LogP contribution in [0.2, 0.25) is 0 Å². The van der Waals surface area contributed by atoms with Crippen LogP contribution in [0.1, 0.15) is 5.69 Å². The van der Waals surface area contributed by atoms with Crippen molar-refractivity contribution in [1.82, 2.24) is 19.7 Å². The monoisotopic (exact) mass is 346 g/mol. The maximum absolute atomic E-state index is 12.4. The Balaban J connectivity index is 1.54. The fraction of sp³-hybridized carbons (Fsp3) is 0.150. The molecule has 6 heteroatoms. The highest BCUT2D eigenvalue weighted by atomic mass is 16.2. The quantitative estimate of drug-likeness (QED) is 0.616. The van der Waals surface area contributed by atoms with E-state index >= 15 is 0 Å². The Morgan fingerprint density at radius 3 is 2.62 bits per heavy atom. The van der Waals surface area contributed by atoms with Crippen LogP contribution in [-0.2, 0) is 24.9 Å². The van der Waals surface area contributed by atoms with Crippen LogP contribution in [0.5, 0.6) is 0 Å². The van der Waals surface area contributed by atoms with Crippen LogP contribution in [0.15, 0.2) is 65.6 Å². The van der Waals surface area contributed by atoms with Crippen molar-refractivity contribution in [2.75, 3.05) is 0 Å². The van der Waals surface area contributed by atoms with Crippen LogP contribution in [0.4, 0.5) is 0 Å². The molecular weight excluding hydrogens is 328 g/mol. The van der Waals surface area contributed by atoms with Crippen molar-refractivity contribution < 1.29 is 4.79 Å². The molecule has 0 aliphatic rings. The third kappa shape index (κ3) is 2.86. The fourth-order valence-electron chi connectivity index (χ4n) is 3.18. The molecule has 0 atom stereocenters. The van der Waals surface area contributed by atoms with Gasteiger partial charge in [0.1, 0.15) is 6.54 Å². The van der Waals surface area contributed by atoms with Crippen molar-refractivity contribution in [2.24, 2.45) is 7.05 Å². The van der Waals surface area contributed by atoms with Crippen molar-refractivity contribution in [2.45, 2.75) is 13.1 Å². The maximum Gasteiger partial charge on any atom is 0.274 e. The van der Waals surface area contributed by atoms with E-state index in [-0.39, 0.29) is 24.6 Å². The largest absolute Gasteiger partial charge is 0.349 e. The Morgan fingerprint density at radius 2 is 1.77 bits per heavy atom. The summed E-state index contributed by atoms with van der Waals surface area (Å²) in [6.45, 7) is 0.504. The molecule has 1 N–H and O–H groups in total. The minimum Gasteiger partial charge on any atom is -0.349 e. The summed E-state index contributed by atoms with van der Waals surface area (Å²) < 4.78 is 3.22. The van der Waals surface area contributed by atoms with Gasteiger partial charge in [0.25, 0.3) is 5.56 Å². The van der Waals surface area contributed by atoms with Crippen molar-refractivity contribution in [3.05, 3.63) is 76.8 Å². The van der Waals surface area contributed by atoms with Gasteiger partial charge in [-0.1, -0.05) is 36.4 Å². The van der Waals surface area contributed by atoms with Crippen LogP contribution >= 0.6 is 0 Å². The second-order valence-electron chi connectivity index (χ2n) is 6.20. The predicted molar refractivity (Wildman–Crippen MR) is 101 cm³/mol. The van der Waals surface area contributed by atoms with Gasteiger partial charge in [0, 0.05) is 24.1 Å². The number of carbonyl (C=O) groups excluding carboxylic acids is 1. The number of hydrogen-bond donors (Lipinski definition) is 1. The first-order chi connectivity index (χ1) is 12.6. The standard InChI is InChI=1S/C20H18N4O2/c1-23-20(26)16-8-4-3-7-15(16)17(22-23)12-21-19(25)13-24-11-10-14-6-2-5-9-18(14)24/h2-11H,12-13H2,1H3,(H,21,25). The van der Waals surface area contributed by atoms with Gasteiger partial charge in [-0.2, -0.15) is 5.10 Å². The highest BCUT2D eigenvalue weighted by Gasteiger charge is 2.10. The van der Waals surface area contributed by atoms with Crippen molar-refractivity contribution in [1.29, 1.82) is 0 Å². The molecule has 1 amide bonds. The van der Waals surface area contributed by atoms with Crippen molar-refractivity contribution in [3.8, 4) is 0 Å². The van der Waals surface area contributed by atoms with Crippen LogP contribution in [-0.4, -0.2) is 20.3 Å². The molecule has 0 spiro atoms. The van der Waals surface area contributed by atoms with E-state index < -0.39 is 0 Å². The van der Waals surface area contributed by atoms with Gasteiger partial charge in [0.2, 0.25) is 5.91 Å². The van der Waals surface area contributed by atoms with E-state index in [2.05, 4.69) is 10.4 Å². The van der Waals surface area contributed by atoms with Gasteiger partial charge in [-0.15, -0.1) is 0 Å². The number of amides is 1. The van der Waals surface area contributed by atoms with Gasteiger partial charge < -0.3 is 9.88 Å². The Morgan fingerprint density at radius 1 is 1.04 bits per heavy atom. The van der Waals surface area contributed by atoms with E-state index in [0.29, 0.717) is 11.1 Å². The molecule has 4 aromatic rings. The van der Waals surface area contributed by atoms with E-state index in [0.717, 1.165) is 16.3 Å². The molecule has 6 nitrogen and oxygen atoms in total. The normalized spacial score (nSPS) is 11.1. The summed E-state index contributed by atoms with van der Waals surface area (Å²) in [6.07, 6.45) is 1.91. The second-order valence-corrected chi connectivity index (χ2v) is 6.20. The molecule has 0 unspecified atom stereocenters. The molecule has 2 aromatic heterocycles. The molecule has 4 rings (SSSR count). The molecule has 2 aromatic carbocycles. The van der Waals surface area contributed by atoms with E-state index in [1.807, 2.05) is 59.3 Å². The van der Waals surface area contributed by atoms with Gasteiger partial charge >= 0.3 is 0 Å². The lowest BCUT2D eigenvalue weighted by Crippen LogP contribution is -2.29. The molecule has 130 valence electrons. The molecule has 0 saturated heterocycles.